The lowest BCUT2D eigenvalue weighted by molar-refractivity contribution is -0.136. The maximum Gasteiger partial charge on any atom is 0.316 e. The molecule has 0 saturated heterocycles. The summed E-state index contributed by atoms with van der Waals surface area (Å²) in [5.74, 6) is 1.55. The summed E-state index contributed by atoms with van der Waals surface area (Å²) in [5, 5.41) is 9.16. The molecule has 36 heavy (non-hydrogen) atoms. The number of carbonyl (C=O) groups is 1. The minimum atomic E-state index is -3.56. The van der Waals surface area contributed by atoms with Crippen LogP contribution >= 0.6 is 11.8 Å². The Morgan fingerprint density at radius 1 is 0.889 bits per heavy atom. The van der Waals surface area contributed by atoms with Crippen molar-refractivity contribution in [1.82, 2.24) is 0 Å². The zero-order valence-electron chi connectivity index (χ0n) is 20.3. The van der Waals surface area contributed by atoms with Crippen LogP contribution in [0.5, 0.6) is 17.2 Å². The highest BCUT2D eigenvalue weighted by molar-refractivity contribution is 8.00. The number of aryl methyl sites for hydroxylation is 1. The van der Waals surface area contributed by atoms with Crippen LogP contribution in [0, 0.1) is 0 Å². The summed E-state index contributed by atoms with van der Waals surface area (Å²) < 4.78 is 38.1. The van der Waals surface area contributed by atoms with Crippen molar-refractivity contribution in [1.29, 1.82) is 0 Å². The Hall–Kier alpha value is -3.17. The number of aliphatic carboxylic acids is 1. The Morgan fingerprint density at radius 2 is 1.56 bits per heavy atom. The molecule has 0 aliphatic heterocycles. The molecule has 0 fully saturated rings. The fourth-order valence-corrected chi connectivity index (χ4v) is 5.03. The monoisotopic (exact) mass is 530 g/mol. The minimum absolute atomic E-state index is 0.235. The predicted molar refractivity (Wildman–Crippen MR) is 142 cm³/mol. The molecule has 1 atom stereocenters. The lowest BCUT2D eigenvalue weighted by Gasteiger charge is -2.13. The van der Waals surface area contributed by atoms with Crippen LogP contribution in [-0.4, -0.2) is 50.5 Å². The number of benzene rings is 3. The summed E-state index contributed by atoms with van der Waals surface area (Å²) in [6.07, 6.45) is 2.90. The summed E-state index contributed by atoms with van der Waals surface area (Å²) in [7, 11) is -1.93. The van der Waals surface area contributed by atoms with Crippen molar-refractivity contribution in [3.8, 4) is 17.2 Å². The van der Waals surface area contributed by atoms with Crippen LogP contribution in [0.2, 0.25) is 0 Å². The van der Waals surface area contributed by atoms with Crippen LogP contribution in [0.1, 0.15) is 16.7 Å². The molecule has 3 aromatic carbocycles. The van der Waals surface area contributed by atoms with Crippen LogP contribution in [0.25, 0.3) is 0 Å². The maximum atomic E-state index is 11.8. The van der Waals surface area contributed by atoms with E-state index in [-0.39, 0.29) is 5.75 Å². The van der Waals surface area contributed by atoms with Crippen molar-refractivity contribution in [3.63, 3.8) is 0 Å². The third-order valence-electron chi connectivity index (χ3n) is 5.29. The number of carboxylic acids is 1. The molecule has 1 unspecified atom stereocenters. The molecule has 3 rings (SSSR count). The van der Waals surface area contributed by atoms with E-state index in [1.807, 2.05) is 48.5 Å². The van der Waals surface area contributed by atoms with Gasteiger partial charge in [0.25, 0.3) is 0 Å². The summed E-state index contributed by atoms with van der Waals surface area (Å²) in [6, 6.07) is 22.1. The number of thioether (sulfide) groups is 1. The average Bonchev–Trinajstić information content (AvgIpc) is 2.84. The van der Waals surface area contributed by atoms with Gasteiger partial charge >= 0.3 is 16.1 Å². The summed E-state index contributed by atoms with van der Waals surface area (Å²) in [4.78, 5) is 11.8. The van der Waals surface area contributed by atoms with Gasteiger partial charge in [-0.25, -0.2) is 0 Å². The Balaban J connectivity index is 1.44. The van der Waals surface area contributed by atoms with E-state index in [4.69, 9.17) is 13.7 Å². The van der Waals surface area contributed by atoms with Gasteiger partial charge in [0.2, 0.25) is 0 Å². The van der Waals surface area contributed by atoms with E-state index in [9.17, 15) is 18.3 Å². The molecule has 7 nitrogen and oxygen atoms in total. The average molecular weight is 531 g/mol. The van der Waals surface area contributed by atoms with Gasteiger partial charge in [0, 0.05) is 6.42 Å². The lowest BCUT2D eigenvalue weighted by atomic mass is 10.1. The second-order valence-electron chi connectivity index (χ2n) is 8.18. The van der Waals surface area contributed by atoms with Gasteiger partial charge in [-0.05, 0) is 71.7 Å². The second kappa shape index (κ2) is 13.2. The number of methoxy groups -OCH3 is 1. The molecular formula is C27H30O7S2. The Labute approximate surface area is 216 Å². The minimum Gasteiger partial charge on any atom is -0.497 e. The zero-order chi connectivity index (χ0) is 26.0. The van der Waals surface area contributed by atoms with Crippen molar-refractivity contribution >= 4 is 27.8 Å². The molecule has 9 heteroatoms. The van der Waals surface area contributed by atoms with Crippen LogP contribution in [-0.2, 0) is 34.2 Å². The van der Waals surface area contributed by atoms with Gasteiger partial charge in [-0.2, -0.15) is 8.42 Å². The zero-order valence-corrected chi connectivity index (χ0v) is 21.9. The predicted octanol–water partition coefficient (Wildman–Crippen LogP) is 4.63. The highest BCUT2D eigenvalue weighted by atomic mass is 32.2. The van der Waals surface area contributed by atoms with Crippen LogP contribution in [0.15, 0.2) is 72.8 Å². The van der Waals surface area contributed by atoms with Crippen molar-refractivity contribution in [2.75, 3.05) is 25.7 Å². The first-order valence-electron chi connectivity index (χ1n) is 11.4. The molecule has 0 spiro atoms. The van der Waals surface area contributed by atoms with E-state index >= 15 is 0 Å². The summed E-state index contributed by atoms with van der Waals surface area (Å²) in [6.45, 7) is 0.448. The quantitative estimate of drug-likeness (QED) is 0.301. The highest BCUT2D eigenvalue weighted by Gasteiger charge is 2.18. The van der Waals surface area contributed by atoms with Gasteiger partial charge in [-0.3, -0.25) is 4.79 Å². The van der Waals surface area contributed by atoms with Crippen molar-refractivity contribution in [2.45, 2.75) is 24.5 Å². The van der Waals surface area contributed by atoms with Crippen molar-refractivity contribution < 1.29 is 32.0 Å². The molecular weight excluding hydrogens is 500 g/mol. The number of hydrogen-bond donors (Lipinski definition) is 1. The molecule has 1 N–H and O–H groups in total. The molecule has 0 aromatic heterocycles. The van der Waals surface area contributed by atoms with Crippen LogP contribution in [0.4, 0.5) is 0 Å². The normalized spacial score (nSPS) is 12.1. The lowest BCUT2D eigenvalue weighted by Crippen LogP contribution is -2.20. The van der Waals surface area contributed by atoms with E-state index < -0.39 is 21.3 Å². The van der Waals surface area contributed by atoms with Crippen LogP contribution < -0.4 is 13.7 Å². The number of hydrogen-bond acceptors (Lipinski definition) is 7. The van der Waals surface area contributed by atoms with E-state index in [1.165, 1.54) is 11.8 Å². The Morgan fingerprint density at radius 3 is 2.19 bits per heavy atom. The van der Waals surface area contributed by atoms with Gasteiger partial charge in [-0.15, -0.1) is 11.8 Å². The molecule has 0 aliphatic rings. The molecule has 0 radical (unpaired) electrons. The van der Waals surface area contributed by atoms with E-state index in [2.05, 4.69) is 0 Å². The first-order valence-corrected chi connectivity index (χ1v) is 14.3. The third-order valence-corrected chi connectivity index (χ3v) is 7.00. The largest absolute Gasteiger partial charge is 0.497 e. The molecule has 0 amide bonds. The Bertz CT molecular complexity index is 1220. The first-order chi connectivity index (χ1) is 17.2. The molecule has 3 aromatic rings. The standard InChI is InChI=1S/C27H30O7S2/c1-32-25-5-3-4-21(18-25)15-17-35-26(27(28)29)19-22-8-6-20(7-9-22)14-16-33-23-10-12-24(13-11-23)34-36(2,30)31/h3-13,18,26H,14-17,19H2,1-2H3,(H,28,29). The second-order valence-corrected chi connectivity index (χ2v) is 11.1. The van der Waals surface area contributed by atoms with E-state index in [0.717, 1.165) is 35.1 Å². The molecule has 0 heterocycles. The summed E-state index contributed by atoms with van der Waals surface area (Å²) in [5.41, 5.74) is 3.17. The van der Waals surface area contributed by atoms with Gasteiger partial charge in [-0.1, -0.05) is 36.4 Å². The summed E-state index contributed by atoms with van der Waals surface area (Å²) >= 11 is 1.45. The fraction of sp³-hybridized carbons (Fsp3) is 0.296. The van der Waals surface area contributed by atoms with E-state index in [0.29, 0.717) is 31.0 Å². The number of carboxylic acid groups (broad SMARTS) is 1. The van der Waals surface area contributed by atoms with Crippen molar-refractivity contribution in [3.05, 3.63) is 89.5 Å². The topological polar surface area (TPSA) is 99.1 Å². The SMILES string of the molecule is COc1cccc(CCSC(Cc2ccc(CCOc3ccc(OS(C)(=O)=O)cc3)cc2)C(=O)O)c1. The number of rotatable bonds is 14. The van der Waals surface area contributed by atoms with Gasteiger partial charge in [0.1, 0.15) is 22.5 Å². The van der Waals surface area contributed by atoms with Gasteiger partial charge in [0.05, 0.1) is 20.0 Å². The number of ether oxygens (including phenoxy) is 2. The molecule has 192 valence electrons. The maximum absolute atomic E-state index is 11.8. The molecule has 0 saturated carbocycles. The van der Waals surface area contributed by atoms with Gasteiger partial charge < -0.3 is 18.8 Å². The van der Waals surface area contributed by atoms with Crippen LogP contribution in [0.3, 0.4) is 0 Å². The van der Waals surface area contributed by atoms with Gasteiger partial charge in [0.15, 0.2) is 0 Å². The van der Waals surface area contributed by atoms with E-state index in [1.54, 1.807) is 31.4 Å². The first kappa shape index (κ1) is 27.4. The highest BCUT2D eigenvalue weighted by Crippen LogP contribution is 2.22. The third kappa shape index (κ3) is 9.47. The van der Waals surface area contributed by atoms with Crippen molar-refractivity contribution in [2.24, 2.45) is 0 Å². The smallest absolute Gasteiger partial charge is 0.316 e. The molecule has 0 aliphatic carbocycles. The Kier molecular flexibility index (Phi) is 10.1. The fourth-order valence-electron chi connectivity index (χ4n) is 3.47. The molecule has 0 bridgehead atoms.